The molecule has 0 fully saturated rings. The van der Waals surface area contributed by atoms with Crippen molar-refractivity contribution >= 4 is 10.8 Å². The van der Waals surface area contributed by atoms with Gasteiger partial charge in [0.2, 0.25) is 0 Å². The lowest BCUT2D eigenvalue weighted by Crippen LogP contribution is -2.01. The van der Waals surface area contributed by atoms with Gasteiger partial charge in [0, 0.05) is 5.39 Å². The third kappa shape index (κ3) is 2.15. The van der Waals surface area contributed by atoms with Gasteiger partial charge >= 0.3 is 0 Å². The van der Waals surface area contributed by atoms with Crippen LogP contribution in [0, 0.1) is 0 Å². The van der Waals surface area contributed by atoms with E-state index in [2.05, 4.69) is 0 Å². The molecule has 3 aromatic carbocycles. The van der Waals surface area contributed by atoms with Crippen molar-refractivity contribution in [3.8, 4) is 5.75 Å². The summed E-state index contributed by atoms with van der Waals surface area (Å²) in [5.41, 5.74) is 1.79. The van der Waals surface area contributed by atoms with E-state index >= 15 is 0 Å². The van der Waals surface area contributed by atoms with Crippen molar-refractivity contribution < 1.29 is 9.84 Å². The standard InChI is InChI=1S/C18H16O2/c1-20-17-12-11-16(14-9-5-6-10-15(14)17)18(19)13-7-3-2-4-8-13/h2-12,18-19H,1H3. The van der Waals surface area contributed by atoms with Gasteiger partial charge in [0.25, 0.3) is 0 Å². The number of aliphatic hydroxyl groups is 1. The lowest BCUT2D eigenvalue weighted by Gasteiger charge is -2.16. The van der Waals surface area contributed by atoms with Crippen LogP contribution in [0.5, 0.6) is 5.75 Å². The smallest absolute Gasteiger partial charge is 0.126 e. The Balaban J connectivity index is 2.18. The van der Waals surface area contributed by atoms with E-state index in [-0.39, 0.29) is 0 Å². The molecule has 0 aromatic heterocycles. The Morgan fingerprint density at radius 1 is 0.800 bits per heavy atom. The van der Waals surface area contributed by atoms with E-state index in [1.54, 1.807) is 7.11 Å². The van der Waals surface area contributed by atoms with Crippen LogP contribution in [0.2, 0.25) is 0 Å². The van der Waals surface area contributed by atoms with Crippen molar-refractivity contribution in [3.63, 3.8) is 0 Å². The maximum absolute atomic E-state index is 10.6. The van der Waals surface area contributed by atoms with Gasteiger partial charge < -0.3 is 9.84 Å². The minimum atomic E-state index is -0.632. The molecule has 1 atom stereocenters. The van der Waals surface area contributed by atoms with E-state index in [1.807, 2.05) is 66.7 Å². The van der Waals surface area contributed by atoms with Crippen molar-refractivity contribution in [2.45, 2.75) is 6.10 Å². The molecule has 0 spiro atoms. The first kappa shape index (κ1) is 12.7. The largest absolute Gasteiger partial charge is 0.496 e. The van der Waals surface area contributed by atoms with Gasteiger partial charge in [-0.1, -0.05) is 60.7 Å². The molecule has 0 heterocycles. The van der Waals surface area contributed by atoms with E-state index in [1.165, 1.54) is 0 Å². The summed E-state index contributed by atoms with van der Waals surface area (Å²) >= 11 is 0. The Hall–Kier alpha value is -2.32. The molecule has 1 unspecified atom stereocenters. The Labute approximate surface area is 118 Å². The SMILES string of the molecule is COc1ccc(C(O)c2ccccc2)c2ccccc12. The predicted octanol–water partition coefficient (Wildman–Crippen LogP) is 3.93. The van der Waals surface area contributed by atoms with E-state index in [0.717, 1.165) is 27.6 Å². The normalized spacial score (nSPS) is 12.3. The van der Waals surface area contributed by atoms with Crippen molar-refractivity contribution in [3.05, 3.63) is 77.9 Å². The van der Waals surface area contributed by atoms with Crippen LogP contribution in [0.4, 0.5) is 0 Å². The summed E-state index contributed by atoms with van der Waals surface area (Å²) in [5.74, 6) is 0.824. The zero-order valence-electron chi connectivity index (χ0n) is 11.3. The highest BCUT2D eigenvalue weighted by molar-refractivity contribution is 5.91. The quantitative estimate of drug-likeness (QED) is 0.776. The van der Waals surface area contributed by atoms with E-state index in [4.69, 9.17) is 4.74 Å². The lowest BCUT2D eigenvalue weighted by atomic mass is 9.95. The summed E-state index contributed by atoms with van der Waals surface area (Å²) < 4.78 is 5.39. The fourth-order valence-electron chi connectivity index (χ4n) is 2.53. The molecule has 100 valence electrons. The predicted molar refractivity (Wildman–Crippen MR) is 81.0 cm³/mol. The van der Waals surface area contributed by atoms with Crippen LogP contribution < -0.4 is 4.74 Å². The highest BCUT2D eigenvalue weighted by Gasteiger charge is 2.14. The second-order valence-electron chi connectivity index (χ2n) is 4.72. The summed E-state index contributed by atoms with van der Waals surface area (Å²) in [7, 11) is 1.66. The average molecular weight is 264 g/mol. The summed E-state index contributed by atoms with van der Waals surface area (Å²) in [6.45, 7) is 0. The van der Waals surface area contributed by atoms with Crippen LogP contribution in [0.3, 0.4) is 0 Å². The van der Waals surface area contributed by atoms with Crippen LogP contribution in [0.25, 0.3) is 10.8 Å². The number of ether oxygens (including phenoxy) is 1. The molecule has 3 aromatic rings. The molecular weight excluding hydrogens is 248 g/mol. The Kier molecular flexibility index (Phi) is 3.40. The fourth-order valence-corrected chi connectivity index (χ4v) is 2.53. The molecule has 0 saturated heterocycles. The highest BCUT2D eigenvalue weighted by atomic mass is 16.5. The van der Waals surface area contributed by atoms with Crippen molar-refractivity contribution in [2.75, 3.05) is 7.11 Å². The molecule has 0 aliphatic carbocycles. The van der Waals surface area contributed by atoms with Crippen molar-refractivity contribution in [2.24, 2.45) is 0 Å². The summed E-state index contributed by atoms with van der Waals surface area (Å²) in [6, 6.07) is 21.5. The third-order valence-corrected chi connectivity index (χ3v) is 3.55. The first-order valence-corrected chi connectivity index (χ1v) is 6.60. The molecule has 0 saturated carbocycles. The van der Waals surface area contributed by atoms with Crippen LogP contribution >= 0.6 is 0 Å². The number of hydrogen-bond acceptors (Lipinski definition) is 2. The molecule has 0 radical (unpaired) electrons. The van der Waals surface area contributed by atoms with E-state index in [9.17, 15) is 5.11 Å². The molecule has 1 N–H and O–H groups in total. The number of aliphatic hydroxyl groups excluding tert-OH is 1. The number of benzene rings is 3. The summed E-state index contributed by atoms with van der Waals surface area (Å²) in [6.07, 6.45) is -0.632. The number of hydrogen-bond donors (Lipinski definition) is 1. The van der Waals surface area contributed by atoms with Gasteiger partial charge in [0.1, 0.15) is 11.9 Å². The molecule has 20 heavy (non-hydrogen) atoms. The summed E-state index contributed by atoms with van der Waals surface area (Å²) in [5, 5.41) is 12.6. The molecule has 0 bridgehead atoms. The van der Waals surface area contributed by atoms with Crippen LogP contribution in [-0.4, -0.2) is 12.2 Å². The van der Waals surface area contributed by atoms with Crippen LogP contribution in [-0.2, 0) is 0 Å². The van der Waals surface area contributed by atoms with Gasteiger partial charge in [0.15, 0.2) is 0 Å². The van der Waals surface area contributed by atoms with Gasteiger partial charge in [-0.3, -0.25) is 0 Å². The second kappa shape index (κ2) is 5.35. The molecule has 0 aliphatic heterocycles. The maximum Gasteiger partial charge on any atom is 0.126 e. The first-order chi connectivity index (χ1) is 9.81. The zero-order valence-corrected chi connectivity index (χ0v) is 11.3. The minimum Gasteiger partial charge on any atom is -0.496 e. The number of methoxy groups -OCH3 is 1. The van der Waals surface area contributed by atoms with Gasteiger partial charge in [-0.05, 0) is 22.6 Å². The monoisotopic (exact) mass is 264 g/mol. The van der Waals surface area contributed by atoms with Crippen LogP contribution in [0.15, 0.2) is 66.7 Å². The van der Waals surface area contributed by atoms with Crippen molar-refractivity contribution in [1.29, 1.82) is 0 Å². The topological polar surface area (TPSA) is 29.5 Å². The molecule has 2 heteroatoms. The zero-order chi connectivity index (χ0) is 13.9. The molecule has 0 aliphatic rings. The Morgan fingerprint density at radius 2 is 1.45 bits per heavy atom. The minimum absolute atomic E-state index is 0.632. The highest BCUT2D eigenvalue weighted by Crippen LogP contribution is 2.33. The molecule has 3 rings (SSSR count). The van der Waals surface area contributed by atoms with Gasteiger partial charge in [-0.25, -0.2) is 0 Å². The van der Waals surface area contributed by atoms with E-state index in [0.29, 0.717) is 0 Å². The van der Waals surface area contributed by atoms with Crippen molar-refractivity contribution in [1.82, 2.24) is 0 Å². The number of fused-ring (bicyclic) bond motifs is 1. The Bertz CT molecular complexity index is 720. The molecule has 0 amide bonds. The number of rotatable bonds is 3. The Morgan fingerprint density at radius 3 is 2.15 bits per heavy atom. The van der Waals surface area contributed by atoms with E-state index < -0.39 is 6.10 Å². The third-order valence-electron chi connectivity index (χ3n) is 3.55. The first-order valence-electron chi connectivity index (χ1n) is 6.60. The second-order valence-corrected chi connectivity index (χ2v) is 4.72. The van der Waals surface area contributed by atoms with Gasteiger partial charge in [0.05, 0.1) is 7.11 Å². The average Bonchev–Trinajstić information content (AvgIpc) is 2.54. The summed E-state index contributed by atoms with van der Waals surface area (Å²) in [4.78, 5) is 0. The molecular formula is C18H16O2. The lowest BCUT2D eigenvalue weighted by molar-refractivity contribution is 0.222. The van der Waals surface area contributed by atoms with Gasteiger partial charge in [-0.15, -0.1) is 0 Å². The maximum atomic E-state index is 10.6. The van der Waals surface area contributed by atoms with Gasteiger partial charge in [-0.2, -0.15) is 0 Å². The molecule has 2 nitrogen and oxygen atoms in total. The van der Waals surface area contributed by atoms with Crippen LogP contribution in [0.1, 0.15) is 17.2 Å². The fraction of sp³-hybridized carbons (Fsp3) is 0.111.